The molecule has 0 unspecified atom stereocenters. The minimum atomic E-state index is -0.0761. The van der Waals surface area contributed by atoms with E-state index >= 15 is 0 Å². The first-order valence-corrected chi connectivity index (χ1v) is 9.55. The molecule has 0 aliphatic heterocycles. The minimum Gasteiger partial charge on any atom is -0.382 e. The molecule has 0 fully saturated rings. The molecule has 0 radical (unpaired) electrons. The molecule has 3 aromatic rings. The average molecular weight is 378 g/mol. The number of hydrogen-bond acceptors (Lipinski definition) is 5. The predicted octanol–water partition coefficient (Wildman–Crippen LogP) is 3.97. The molecular weight excluding hydrogens is 352 g/mol. The van der Waals surface area contributed by atoms with Gasteiger partial charge in [0.25, 0.3) is 5.56 Å². The molecule has 146 valence electrons. The lowest BCUT2D eigenvalue weighted by Gasteiger charge is -2.13. The summed E-state index contributed by atoms with van der Waals surface area (Å²) in [6.07, 6.45) is 0.725. The van der Waals surface area contributed by atoms with E-state index in [-0.39, 0.29) is 5.56 Å². The fraction of sp³-hybridized carbons (Fsp3) is 0.318. The van der Waals surface area contributed by atoms with Crippen LogP contribution in [0.15, 0.2) is 58.4 Å². The number of ether oxygens (including phenoxy) is 1. The van der Waals surface area contributed by atoms with Crippen LogP contribution < -0.4 is 11.0 Å². The second kappa shape index (κ2) is 9.28. The van der Waals surface area contributed by atoms with E-state index in [1.54, 1.807) is 10.6 Å². The lowest BCUT2D eigenvalue weighted by molar-refractivity contribution is 0.141. The maximum Gasteiger partial charge on any atom is 0.262 e. The number of aromatic nitrogens is 2. The molecule has 0 aliphatic rings. The second-order valence-electron chi connectivity index (χ2n) is 6.63. The molecule has 28 heavy (non-hydrogen) atoms. The zero-order valence-electron chi connectivity index (χ0n) is 16.6. The second-order valence-corrected chi connectivity index (χ2v) is 6.63. The predicted molar refractivity (Wildman–Crippen MR) is 114 cm³/mol. The van der Waals surface area contributed by atoms with E-state index in [9.17, 15) is 4.79 Å². The van der Waals surface area contributed by atoms with Crippen LogP contribution in [0.5, 0.6) is 0 Å². The normalized spacial score (nSPS) is 11.8. The summed E-state index contributed by atoms with van der Waals surface area (Å²) in [4.78, 5) is 17.6. The molecule has 0 aliphatic carbocycles. The maximum absolute atomic E-state index is 13.0. The van der Waals surface area contributed by atoms with Crippen LogP contribution in [0.4, 0.5) is 5.95 Å². The summed E-state index contributed by atoms with van der Waals surface area (Å²) in [5.41, 5.74) is 6.61. The fourth-order valence-electron chi connectivity index (χ4n) is 2.92. The van der Waals surface area contributed by atoms with Crippen molar-refractivity contribution in [3.05, 3.63) is 70.0 Å². The summed E-state index contributed by atoms with van der Waals surface area (Å²) in [6.45, 7) is 7.71. The van der Waals surface area contributed by atoms with Crippen molar-refractivity contribution < 1.29 is 4.74 Å². The molecule has 0 saturated carbocycles. The van der Waals surface area contributed by atoms with Crippen molar-refractivity contribution in [1.29, 1.82) is 0 Å². The summed E-state index contributed by atoms with van der Waals surface area (Å²) >= 11 is 0. The molecule has 0 atom stereocenters. The molecule has 1 N–H and O–H groups in total. The number of aryl methyl sites for hydroxylation is 1. The van der Waals surface area contributed by atoms with Gasteiger partial charge in [-0.3, -0.25) is 9.36 Å². The van der Waals surface area contributed by atoms with Crippen LogP contribution in [-0.4, -0.2) is 28.5 Å². The monoisotopic (exact) mass is 378 g/mol. The van der Waals surface area contributed by atoms with Gasteiger partial charge in [-0.15, -0.1) is 0 Å². The van der Waals surface area contributed by atoms with Gasteiger partial charge in [0.15, 0.2) is 0 Å². The van der Waals surface area contributed by atoms with Crippen LogP contribution >= 0.6 is 0 Å². The van der Waals surface area contributed by atoms with Gasteiger partial charge in [0.2, 0.25) is 5.95 Å². The minimum absolute atomic E-state index is 0.0761. The van der Waals surface area contributed by atoms with Gasteiger partial charge in [0.1, 0.15) is 0 Å². The van der Waals surface area contributed by atoms with E-state index in [4.69, 9.17) is 4.74 Å². The van der Waals surface area contributed by atoms with Gasteiger partial charge >= 0.3 is 0 Å². The van der Waals surface area contributed by atoms with Crippen LogP contribution in [0.25, 0.3) is 10.9 Å². The number of nitrogens with one attached hydrogen (secondary N) is 1. The molecule has 1 heterocycles. The smallest absolute Gasteiger partial charge is 0.262 e. The van der Waals surface area contributed by atoms with Crippen molar-refractivity contribution in [2.24, 2.45) is 5.10 Å². The fourth-order valence-corrected chi connectivity index (χ4v) is 2.92. The highest BCUT2D eigenvalue weighted by atomic mass is 16.5. The van der Waals surface area contributed by atoms with Gasteiger partial charge < -0.3 is 4.74 Å². The Morgan fingerprint density at radius 2 is 1.93 bits per heavy atom. The standard InChI is InChI=1S/C22H26N4O2/c1-4-28-15-7-14-26-21(27)19-8-5-6-9-20(19)23-22(26)25-24-17(3)18-12-10-16(2)11-13-18/h5-6,8-13H,4,7,14-15H2,1-3H3,(H,23,25)/b24-17-. The van der Waals surface area contributed by atoms with Crippen LogP contribution in [0.2, 0.25) is 0 Å². The number of nitrogens with zero attached hydrogens (tertiary/aromatic N) is 3. The molecule has 6 heteroatoms. The first-order chi connectivity index (χ1) is 13.6. The Morgan fingerprint density at radius 1 is 1.18 bits per heavy atom. The van der Waals surface area contributed by atoms with E-state index in [0.717, 1.165) is 17.7 Å². The van der Waals surface area contributed by atoms with Crippen LogP contribution in [-0.2, 0) is 11.3 Å². The summed E-state index contributed by atoms with van der Waals surface area (Å²) in [7, 11) is 0. The topological polar surface area (TPSA) is 68.5 Å². The summed E-state index contributed by atoms with van der Waals surface area (Å²) in [5, 5.41) is 5.06. The largest absolute Gasteiger partial charge is 0.382 e. The van der Waals surface area contributed by atoms with Crippen molar-refractivity contribution in [1.82, 2.24) is 9.55 Å². The number of para-hydroxylation sites is 1. The van der Waals surface area contributed by atoms with Gasteiger partial charge in [-0.25, -0.2) is 10.4 Å². The van der Waals surface area contributed by atoms with Crippen molar-refractivity contribution in [2.45, 2.75) is 33.7 Å². The summed E-state index contributed by atoms with van der Waals surface area (Å²) in [6, 6.07) is 15.5. The number of benzene rings is 2. The Bertz CT molecular complexity index is 1020. The van der Waals surface area contributed by atoms with Gasteiger partial charge in [-0.05, 0) is 44.9 Å². The third-order valence-electron chi connectivity index (χ3n) is 4.53. The number of fused-ring (bicyclic) bond motifs is 1. The number of hydrogen-bond donors (Lipinski definition) is 1. The van der Waals surface area contributed by atoms with E-state index in [1.807, 2.05) is 56.3 Å². The first kappa shape index (κ1) is 19.8. The highest BCUT2D eigenvalue weighted by Crippen LogP contribution is 2.12. The quantitative estimate of drug-likeness (QED) is 0.366. The number of rotatable bonds is 8. The molecule has 0 spiro atoms. The van der Waals surface area contributed by atoms with Crippen LogP contribution in [0, 0.1) is 6.92 Å². The highest BCUT2D eigenvalue weighted by molar-refractivity contribution is 5.99. The Kier molecular flexibility index (Phi) is 6.55. The number of hydrazone groups is 1. The molecule has 1 aromatic heterocycles. The van der Waals surface area contributed by atoms with E-state index in [0.29, 0.717) is 36.6 Å². The Labute approximate surface area is 164 Å². The molecule has 0 amide bonds. The molecule has 6 nitrogen and oxygen atoms in total. The van der Waals surface area contributed by atoms with E-state index < -0.39 is 0 Å². The van der Waals surface area contributed by atoms with E-state index in [1.165, 1.54) is 5.56 Å². The Hall–Kier alpha value is -2.99. The van der Waals surface area contributed by atoms with Gasteiger partial charge in [-0.2, -0.15) is 5.10 Å². The first-order valence-electron chi connectivity index (χ1n) is 9.55. The highest BCUT2D eigenvalue weighted by Gasteiger charge is 2.10. The molecule has 2 aromatic carbocycles. The molecule has 0 saturated heterocycles. The van der Waals surface area contributed by atoms with Crippen molar-refractivity contribution in [3.8, 4) is 0 Å². The van der Waals surface area contributed by atoms with E-state index in [2.05, 4.69) is 22.4 Å². The third kappa shape index (κ3) is 4.64. The van der Waals surface area contributed by atoms with Crippen molar-refractivity contribution >= 4 is 22.6 Å². The lowest BCUT2D eigenvalue weighted by Crippen LogP contribution is -2.25. The molecular formula is C22H26N4O2. The Morgan fingerprint density at radius 3 is 2.68 bits per heavy atom. The maximum atomic E-state index is 13.0. The number of anilines is 1. The lowest BCUT2D eigenvalue weighted by atomic mass is 10.1. The Balaban J connectivity index is 1.92. The van der Waals surface area contributed by atoms with Crippen LogP contribution in [0.3, 0.4) is 0 Å². The average Bonchev–Trinajstić information content (AvgIpc) is 2.71. The molecule has 0 bridgehead atoms. The van der Waals surface area contributed by atoms with Crippen molar-refractivity contribution in [3.63, 3.8) is 0 Å². The third-order valence-corrected chi connectivity index (χ3v) is 4.53. The summed E-state index contributed by atoms with van der Waals surface area (Å²) < 4.78 is 7.04. The SMILES string of the molecule is CCOCCCn1c(N/N=C(/C)c2ccc(C)cc2)nc2ccccc2c1=O. The zero-order valence-corrected chi connectivity index (χ0v) is 16.6. The van der Waals surface area contributed by atoms with Gasteiger partial charge in [-0.1, -0.05) is 42.0 Å². The molecule has 3 rings (SSSR count). The van der Waals surface area contributed by atoms with Gasteiger partial charge in [0.05, 0.1) is 16.6 Å². The summed E-state index contributed by atoms with van der Waals surface area (Å²) in [5.74, 6) is 0.437. The van der Waals surface area contributed by atoms with Crippen molar-refractivity contribution in [2.75, 3.05) is 18.6 Å². The zero-order chi connectivity index (χ0) is 19.9. The van der Waals surface area contributed by atoms with Gasteiger partial charge in [0, 0.05) is 19.8 Å². The van der Waals surface area contributed by atoms with Crippen LogP contribution in [0.1, 0.15) is 31.4 Å².